The lowest BCUT2D eigenvalue weighted by Crippen LogP contribution is -2.50. The molecular formula is C27H30F2N4O. The second-order valence-corrected chi connectivity index (χ2v) is 9.56. The summed E-state index contributed by atoms with van der Waals surface area (Å²) in [7, 11) is 0. The highest BCUT2D eigenvalue weighted by atomic mass is 19.1. The van der Waals surface area contributed by atoms with Crippen molar-refractivity contribution in [2.75, 3.05) is 11.4 Å². The fourth-order valence-electron chi connectivity index (χ4n) is 5.02. The molecule has 2 aliphatic rings. The van der Waals surface area contributed by atoms with Crippen LogP contribution in [0, 0.1) is 11.6 Å². The number of nitrogens with zero attached hydrogens (tertiary/aromatic N) is 3. The Bertz CT molecular complexity index is 1230. The van der Waals surface area contributed by atoms with Gasteiger partial charge in [0, 0.05) is 24.6 Å². The number of hydrogen-bond donors (Lipinski definition) is 1. The van der Waals surface area contributed by atoms with E-state index in [9.17, 15) is 4.39 Å². The number of anilines is 1. The molecule has 7 heteroatoms. The normalized spacial score (nSPS) is 19.6. The van der Waals surface area contributed by atoms with Gasteiger partial charge < -0.3 is 15.0 Å². The third-order valence-electron chi connectivity index (χ3n) is 6.87. The Labute approximate surface area is 199 Å². The number of aromatic nitrogens is 2. The highest BCUT2D eigenvalue weighted by Gasteiger charge is 2.34. The summed E-state index contributed by atoms with van der Waals surface area (Å²) >= 11 is 0. The molecule has 0 saturated carbocycles. The molecule has 178 valence electrons. The molecule has 5 rings (SSSR count). The minimum absolute atomic E-state index is 0.0476. The minimum Gasteiger partial charge on any atom is -0.483 e. The maximum Gasteiger partial charge on any atom is 0.178 e. The van der Waals surface area contributed by atoms with Crippen LogP contribution in [-0.2, 0) is 19.4 Å². The fraction of sp³-hybridized carbons (Fsp3) is 0.407. The number of benzene rings is 2. The molecule has 34 heavy (non-hydrogen) atoms. The van der Waals surface area contributed by atoms with Crippen molar-refractivity contribution in [2.45, 2.75) is 65.3 Å². The molecule has 0 amide bonds. The van der Waals surface area contributed by atoms with Gasteiger partial charge in [-0.3, -0.25) is 0 Å². The van der Waals surface area contributed by atoms with Crippen LogP contribution in [0.2, 0.25) is 0 Å². The van der Waals surface area contributed by atoms with E-state index in [2.05, 4.69) is 59.2 Å². The summed E-state index contributed by atoms with van der Waals surface area (Å²) < 4.78 is 35.9. The smallest absolute Gasteiger partial charge is 0.178 e. The fourth-order valence-corrected chi connectivity index (χ4v) is 5.02. The molecule has 5 nitrogen and oxygen atoms in total. The Hall–Kier alpha value is -3.06. The molecule has 2 atom stereocenters. The van der Waals surface area contributed by atoms with Crippen molar-refractivity contribution in [2.24, 2.45) is 0 Å². The van der Waals surface area contributed by atoms with Gasteiger partial charge >= 0.3 is 0 Å². The summed E-state index contributed by atoms with van der Waals surface area (Å²) in [6, 6.07) is 9.64. The van der Waals surface area contributed by atoms with Crippen LogP contribution in [0.25, 0.3) is 11.3 Å². The molecular weight excluding hydrogens is 434 g/mol. The predicted molar refractivity (Wildman–Crippen MR) is 129 cm³/mol. The maximum atomic E-state index is 15.2. The zero-order valence-corrected chi connectivity index (χ0v) is 20.0. The molecule has 0 saturated heterocycles. The van der Waals surface area contributed by atoms with Gasteiger partial charge in [0.05, 0.1) is 17.9 Å². The average Bonchev–Trinajstić information content (AvgIpc) is 2.81. The van der Waals surface area contributed by atoms with Crippen molar-refractivity contribution >= 4 is 5.69 Å². The van der Waals surface area contributed by atoms with Gasteiger partial charge in [-0.2, -0.15) is 0 Å². The Kier molecular flexibility index (Phi) is 5.98. The SMILES string of the molecule is CC1Oc2c(F)cc(-c3nc(Cc4ccc5c(c4)CNCC5)ncc3F)cc2N(C(C)C)C1C. The van der Waals surface area contributed by atoms with Crippen LogP contribution in [-0.4, -0.2) is 34.7 Å². The molecule has 1 aromatic heterocycles. The first kappa shape index (κ1) is 22.7. The van der Waals surface area contributed by atoms with Crippen molar-refractivity contribution in [3.8, 4) is 17.0 Å². The van der Waals surface area contributed by atoms with E-state index in [1.54, 1.807) is 6.07 Å². The van der Waals surface area contributed by atoms with Gasteiger partial charge in [0.1, 0.15) is 17.6 Å². The van der Waals surface area contributed by atoms with Crippen LogP contribution in [0.5, 0.6) is 5.75 Å². The van der Waals surface area contributed by atoms with Crippen molar-refractivity contribution in [1.82, 2.24) is 15.3 Å². The van der Waals surface area contributed by atoms with Crippen LogP contribution in [0.4, 0.5) is 14.5 Å². The standard InChI is InChI=1S/C27H30F2N4O/c1-15(2)33-16(3)17(4)34-27-22(28)11-20(12-24(27)33)26-23(29)14-31-25(32-26)10-18-5-6-19-7-8-30-13-21(19)9-18/h5-6,9,11-12,14-17,30H,7-8,10,13H2,1-4H3. The second-order valence-electron chi connectivity index (χ2n) is 9.56. The molecule has 0 bridgehead atoms. The predicted octanol–water partition coefficient (Wildman–Crippen LogP) is 5.04. The van der Waals surface area contributed by atoms with E-state index in [0.29, 0.717) is 23.5 Å². The lowest BCUT2D eigenvalue weighted by molar-refractivity contribution is 0.164. The number of hydrogen-bond acceptors (Lipinski definition) is 5. The van der Waals surface area contributed by atoms with E-state index in [4.69, 9.17) is 4.74 Å². The van der Waals surface area contributed by atoms with Crippen LogP contribution in [0.1, 0.15) is 50.2 Å². The number of halogens is 2. The zero-order valence-electron chi connectivity index (χ0n) is 20.0. The summed E-state index contributed by atoms with van der Waals surface area (Å²) in [6.07, 6.45) is 2.51. The Balaban J connectivity index is 1.51. The van der Waals surface area contributed by atoms with Crippen molar-refractivity contribution in [3.63, 3.8) is 0 Å². The Morgan fingerprint density at radius 3 is 2.74 bits per heavy atom. The molecule has 0 aliphatic carbocycles. The molecule has 0 fully saturated rings. The molecule has 2 unspecified atom stereocenters. The van der Waals surface area contributed by atoms with Crippen molar-refractivity contribution in [1.29, 1.82) is 0 Å². The van der Waals surface area contributed by atoms with Crippen LogP contribution >= 0.6 is 0 Å². The number of nitrogens with one attached hydrogen (secondary N) is 1. The van der Waals surface area contributed by atoms with Gasteiger partial charge in [0.25, 0.3) is 0 Å². The largest absolute Gasteiger partial charge is 0.483 e. The third kappa shape index (κ3) is 4.13. The van der Waals surface area contributed by atoms with Crippen LogP contribution < -0.4 is 15.0 Å². The summed E-state index contributed by atoms with van der Waals surface area (Å²) in [6.45, 7) is 9.93. The molecule has 1 N–H and O–H groups in total. The first-order valence-corrected chi connectivity index (χ1v) is 11.9. The summed E-state index contributed by atoms with van der Waals surface area (Å²) in [5.74, 6) is -0.386. The van der Waals surface area contributed by atoms with Gasteiger partial charge in [-0.25, -0.2) is 18.7 Å². The highest BCUT2D eigenvalue weighted by Crippen LogP contribution is 2.42. The average molecular weight is 465 g/mol. The molecule has 2 aromatic carbocycles. The Morgan fingerprint density at radius 1 is 1.12 bits per heavy atom. The maximum absolute atomic E-state index is 15.2. The highest BCUT2D eigenvalue weighted by molar-refractivity contribution is 5.73. The van der Waals surface area contributed by atoms with E-state index in [0.717, 1.165) is 25.1 Å². The van der Waals surface area contributed by atoms with E-state index in [1.165, 1.54) is 23.4 Å². The second kappa shape index (κ2) is 8.95. The van der Waals surface area contributed by atoms with Crippen LogP contribution in [0.15, 0.2) is 36.5 Å². The molecule has 0 spiro atoms. The van der Waals surface area contributed by atoms with Crippen molar-refractivity contribution in [3.05, 3.63) is 70.7 Å². The molecule has 3 heterocycles. The van der Waals surface area contributed by atoms with Gasteiger partial charge in [-0.05, 0) is 69.5 Å². The summed E-state index contributed by atoms with van der Waals surface area (Å²) in [5.41, 5.74) is 4.80. The third-order valence-corrected chi connectivity index (χ3v) is 6.87. The van der Waals surface area contributed by atoms with E-state index in [-0.39, 0.29) is 29.6 Å². The molecule has 2 aliphatic heterocycles. The van der Waals surface area contributed by atoms with Gasteiger partial charge in [-0.15, -0.1) is 0 Å². The number of fused-ring (bicyclic) bond motifs is 2. The first-order chi connectivity index (χ1) is 16.3. The topological polar surface area (TPSA) is 50.3 Å². The van der Waals surface area contributed by atoms with Gasteiger partial charge in [-0.1, -0.05) is 18.2 Å². The quantitative estimate of drug-likeness (QED) is 0.586. The lowest BCUT2D eigenvalue weighted by Gasteiger charge is -2.43. The zero-order chi connectivity index (χ0) is 24.0. The van der Waals surface area contributed by atoms with Gasteiger partial charge in [0.15, 0.2) is 17.4 Å². The summed E-state index contributed by atoms with van der Waals surface area (Å²) in [5, 5.41) is 3.39. The Morgan fingerprint density at radius 2 is 1.94 bits per heavy atom. The first-order valence-electron chi connectivity index (χ1n) is 11.9. The van der Waals surface area contributed by atoms with E-state index < -0.39 is 11.6 Å². The molecule has 3 aromatic rings. The van der Waals surface area contributed by atoms with E-state index in [1.807, 2.05) is 6.92 Å². The number of rotatable bonds is 4. The number of ether oxygens (including phenoxy) is 1. The molecule has 0 radical (unpaired) electrons. The monoisotopic (exact) mass is 464 g/mol. The van der Waals surface area contributed by atoms with Crippen molar-refractivity contribution < 1.29 is 13.5 Å². The van der Waals surface area contributed by atoms with Gasteiger partial charge in [0.2, 0.25) is 0 Å². The summed E-state index contributed by atoms with van der Waals surface area (Å²) in [4.78, 5) is 10.9. The van der Waals surface area contributed by atoms with E-state index >= 15 is 4.39 Å². The minimum atomic E-state index is -0.577. The van der Waals surface area contributed by atoms with Crippen LogP contribution in [0.3, 0.4) is 0 Å². The lowest BCUT2D eigenvalue weighted by atomic mass is 9.97.